The second kappa shape index (κ2) is 6.02. The maximum atomic E-state index is 12.3. The molecule has 112 valence electrons. The highest BCUT2D eigenvalue weighted by molar-refractivity contribution is 5.86. The number of hydrogen-bond acceptors (Lipinski definition) is 2. The molecule has 0 spiro atoms. The van der Waals surface area contributed by atoms with Crippen LogP contribution in [0.15, 0.2) is 55.0 Å². The number of hydrogen-bond donors (Lipinski definition) is 1. The van der Waals surface area contributed by atoms with E-state index < -0.39 is 0 Å². The molecule has 2 aromatic heterocycles. The van der Waals surface area contributed by atoms with Crippen LogP contribution in [0.5, 0.6) is 0 Å². The van der Waals surface area contributed by atoms with Crippen LogP contribution in [0.2, 0.25) is 0 Å². The number of nitrogens with zero attached hydrogens (tertiary/aromatic N) is 2. The van der Waals surface area contributed by atoms with Gasteiger partial charge in [0.05, 0.1) is 6.04 Å². The van der Waals surface area contributed by atoms with E-state index in [1.807, 2.05) is 48.0 Å². The van der Waals surface area contributed by atoms with Crippen LogP contribution in [0, 0.1) is 6.92 Å². The Morgan fingerprint density at radius 3 is 2.73 bits per heavy atom. The molecule has 0 saturated heterocycles. The van der Waals surface area contributed by atoms with E-state index in [-0.39, 0.29) is 11.9 Å². The Labute approximate surface area is 129 Å². The SMILES string of the molecule is Cc1cn(CC(=O)NC(C)c2ccncc2)c2ccccc12. The quantitative estimate of drug-likeness (QED) is 0.803. The lowest BCUT2D eigenvalue weighted by atomic mass is 10.1. The van der Waals surface area contributed by atoms with Crippen LogP contribution in [0.25, 0.3) is 10.9 Å². The molecule has 1 atom stereocenters. The fourth-order valence-electron chi connectivity index (χ4n) is 2.74. The molecule has 0 aliphatic heterocycles. The minimum Gasteiger partial charge on any atom is -0.348 e. The van der Waals surface area contributed by atoms with Crippen LogP contribution in [0.4, 0.5) is 0 Å². The van der Waals surface area contributed by atoms with Gasteiger partial charge >= 0.3 is 0 Å². The second-order valence-electron chi connectivity index (χ2n) is 5.53. The van der Waals surface area contributed by atoms with Crippen molar-refractivity contribution in [3.8, 4) is 0 Å². The summed E-state index contributed by atoms with van der Waals surface area (Å²) in [6.45, 7) is 4.37. The summed E-state index contributed by atoms with van der Waals surface area (Å²) < 4.78 is 2.00. The molecule has 0 aliphatic rings. The number of pyridine rings is 1. The number of aryl methyl sites for hydroxylation is 1. The molecule has 1 N–H and O–H groups in total. The first-order valence-electron chi connectivity index (χ1n) is 7.39. The molecule has 2 heterocycles. The molecule has 1 aromatic carbocycles. The summed E-state index contributed by atoms with van der Waals surface area (Å²) in [5.74, 6) is 0.00469. The van der Waals surface area contributed by atoms with Crippen molar-refractivity contribution in [3.05, 3.63) is 66.1 Å². The van der Waals surface area contributed by atoms with Crippen LogP contribution in [-0.2, 0) is 11.3 Å². The standard InChI is InChI=1S/C18H19N3O/c1-13-11-21(17-6-4-3-5-16(13)17)12-18(22)20-14(2)15-7-9-19-10-8-15/h3-11,14H,12H2,1-2H3,(H,20,22). The van der Waals surface area contributed by atoms with Gasteiger partial charge in [-0.3, -0.25) is 9.78 Å². The maximum absolute atomic E-state index is 12.3. The number of benzene rings is 1. The van der Waals surface area contributed by atoms with E-state index in [4.69, 9.17) is 0 Å². The molecule has 1 amide bonds. The predicted molar refractivity (Wildman–Crippen MR) is 87.5 cm³/mol. The van der Waals surface area contributed by atoms with Gasteiger partial charge in [0.1, 0.15) is 6.54 Å². The van der Waals surface area contributed by atoms with E-state index >= 15 is 0 Å². The average molecular weight is 293 g/mol. The third-order valence-corrected chi connectivity index (χ3v) is 3.89. The highest BCUT2D eigenvalue weighted by atomic mass is 16.2. The van der Waals surface area contributed by atoms with Gasteiger partial charge < -0.3 is 9.88 Å². The summed E-state index contributed by atoms with van der Waals surface area (Å²) in [5.41, 5.74) is 3.33. The lowest BCUT2D eigenvalue weighted by Crippen LogP contribution is -2.29. The summed E-state index contributed by atoms with van der Waals surface area (Å²) in [5, 5.41) is 4.22. The Hall–Kier alpha value is -2.62. The van der Waals surface area contributed by atoms with E-state index in [2.05, 4.69) is 23.3 Å². The van der Waals surface area contributed by atoms with Crippen LogP contribution in [0.3, 0.4) is 0 Å². The van der Waals surface area contributed by atoms with Crippen molar-refractivity contribution in [2.75, 3.05) is 0 Å². The summed E-state index contributed by atoms with van der Waals surface area (Å²) in [6.07, 6.45) is 5.50. The van der Waals surface area contributed by atoms with Gasteiger partial charge in [-0.15, -0.1) is 0 Å². The number of rotatable bonds is 4. The third kappa shape index (κ3) is 2.86. The molecule has 4 heteroatoms. The van der Waals surface area contributed by atoms with E-state index in [9.17, 15) is 4.79 Å². The lowest BCUT2D eigenvalue weighted by Gasteiger charge is -2.14. The van der Waals surface area contributed by atoms with Crippen molar-refractivity contribution in [2.45, 2.75) is 26.4 Å². The van der Waals surface area contributed by atoms with Crippen LogP contribution >= 0.6 is 0 Å². The highest BCUT2D eigenvalue weighted by Gasteiger charge is 2.12. The summed E-state index contributed by atoms with van der Waals surface area (Å²) in [4.78, 5) is 16.3. The molecule has 0 radical (unpaired) electrons. The molecule has 3 aromatic rings. The van der Waals surface area contributed by atoms with Crippen molar-refractivity contribution in [1.29, 1.82) is 0 Å². The smallest absolute Gasteiger partial charge is 0.240 e. The van der Waals surface area contributed by atoms with Gasteiger partial charge in [0.2, 0.25) is 5.91 Å². The van der Waals surface area contributed by atoms with E-state index in [0.29, 0.717) is 6.54 Å². The van der Waals surface area contributed by atoms with Crippen molar-refractivity contribution < 1.29 is 4.79 Å². The molecule has 0 bridgehead atoms. The number of para-hydroxylation sites is 1. The van der Waals surface area contributed by atoms with E-state index in [1.54, 1.807) is 12.4 Å². The Bertz CT molecular complexity index is 792. The molecule has 4 nitrogen and oxygen atoms in total. The molecule has 22 heavy (non-hydrogen) atoms. The van der Waals surface area contributed by atoms with Crippen LogP contribution < -0.4 is 5.32 Å². The number of aromatic nitrogens is 2. The van der Waals surface area contributed by atoms with Crippen LogP contribution in [-0.4, -0.2) is 15.5 Å². The molecule has 1 unspecified atom stereocenters. The Kier molecular flexibility index (Phi) is 3.92. The molecular weight excluding hydrogens is 274 g/mol. The van der Waals surface area contributed by atoms with Crippen molar-refractivity contribution >= 4 is 16.8 Å². The van der Waals surface area contributed by atoms with Gasteiger partial charge in [-0.1, -0.05) is 18.2 Å². The van der Waals surface area contributed by atoms with Gasteiger partial charge in [-0.2, -0.15) is 0 Å². The Balaban J connectivity index is 1.74. The third-order valence-electron chi connectivity index (χ3n) is 3.89. The van der Waals surface area contributed by atoms with Gasteiger partial charge in [0.25, 0.3) is 0 Å². The highest BCUT2D eigenvalue weighted by Crippen LogP contribution is 2.20. The molecule has 0 aliphatic carbocycles. The fourth-order valence-corrected chi connectivity index (χ4v) is 2.74. The van der Waals surface area contributed by atoms with Crippen molar-refractivity contribution in [3.63, 3.8) is 0 Å². The number of amides is 1. The molecule has 0 saturated carbocycles. The van der Waals surface area contributed by atoms with Gasteiger partial charge in [0, 0.05) is 29.5 Å². The normalized spacial score (nSPS) is 12.3. The largest absolute Gasteiger partial charge is 0.348 e. The summed E-state index contributed by atoms with van der Waals surface area (Å²) >= 11 is 0. The number of fused-ring (bicyclic) bond motifs is 1. The molecule has 0 fully saturated rings. The zero-order valence-corrected chi connectivity index (χ0v) is 12.8. The zero-order chi connectivity index (χ0) is 15.5. The zero-order valence-electron chi connectivity index (χ0n) is 12.8. The first-order valence-corrected chi connectivity index (χ1v) is 7.39. The average Bonchev–Trinajstić information content (AvgIpc) is 2.85. The van der Waals surface area contributed by atoms with E-state index in [0.717, 1.165) is 11.1 Å². The molecular formula is C18H19N3O. The Morgan fingerprint density at radius 2 is 1.95 bits per heavy atom. The van der Waals surface area contributed by atoms with Gasteiger partial charge in [0.15, 0.2) is 0 Å². The van der Waals surface area contributed by atoms with E-state index in [1.165, 1.54) is 10.9 Å². The number of carbonyl (C=O) groups excluding carboxylic acids is 1. The monoisotopic (exact) mass is 293 g/mol. The first kappa shape index (κ1) is 14.3. The fraction of sp³-hybridized carbons (Fsp3) is 0.222. The second-order valence-corrected chi connectivity index (χ2v) is 5.53. The predicted octanol–water partition coefficient (Wildman–Crippen LogP) is 3.22. The van der Waals surface area contributed by atoms with Gasteiger partial charge in [-0.05, 0) is 43.2 Å². The maximum Gasteiger partial charge on any atom is 0.240 e. The van der Waals surface area contributed by atoms with Crippen LogP contribution in [0.1, 0.15) is 24.1 Å². The first-order chi connectivity index (χ1) is 10.6. The Morgan fingerprint density at radius 1 is 1.23 bits per heavy atom. The summed E-state index contributed by atoms with van der Waals surface area (Å²) in [6, 6.07) is 11.9. The number of carbonyl (C=O) groups is 1. The minimum absolute atomic E-state index is 0.00469. The topological polar surface area (TPSA) is 46.9 Å². The van der Waals surface area contributed by atoms with Gasteiger partial charge in [-0.25, -0.2) is 0 Å². The lowest BCUT2D eigenvalue weighted by molar-refractivity contribution is -0.122. The van der Waals surface area contributed by atoms with Crippen molar-refractivity contribution in [1.82, 2.24) is 14.9 Å². The van der Waals surface area contributed by atoms with Crippen molar-refractivity contribution in [2.24, 2.45) is 0 Å². The summed E-state index contributed by atoms with van der Waals surface area (Å²) in [7, 11) is 0. The minimum atomic E-state index is -0.0292. The molecule has 3 rings (SSSR count). The number of nitrogens with one attached hydrogen (secondary N) is 1.